The molecule has 1 atom stereocenters. The third kappa shape index (κ3) is 49.6. The van der Waals surface area contributed by atoms with Gasteiger partial charge < -0.3 is 14.2 Å². The quantitative estimate of drug-likeness (QED) is 0.0199. The summed E-state index contributed by atoms with van der Waals surface area (Å²) in [5.41, 5.74) is 0. The van der Waals surface area contributed by atoms with Crippen molar-refractivity contribution in [3.8, 4) is 0 Å². The number of rotatable bonds is 47. The molecular formula is C58H98O6. The Morgan fingerprint density at radius 2 is 0.656 bits per heavy atom. The lowest BCUT2D eigenvalue weighted by molar-refractivity contribution is -0.166. The van der Waals surface area contributed by atoms with Gasteiger partial charge in [0.05, 0.1) is 0 Å². The van der Waals surface area contributed by atoms with E-state index in [0.717, 1.165) is 89.9 Å². The third-order valence-electron chi connectivity index (χ3n) is 11.2. The van der Waals surface area contributed by atoms with Gasteiger partial charge in [-0.3, -0.25) is 14.4 Å². The van der Waals surface area contributed by atoms with Crippen molar-refractivity contribution in [2.45, 2.75) is 252 Å². The van der Waals surface area contributed by atoms with Crippen LogP contribution in [0.5, 0.6) is 0 Å². The van der Waals surface area contributed by atoms with Crippen LogP contribution in [0.2, 0.25) is 0 Å². The van der Waals surface area contributed by atoms with Crippen molar-refractivity contribution in [1.82, 2.24) is 0 Å². The van der Waals surface area contributed by atoms with Crippen molar-refractivity contribution in [3.05, 3.63) is 85.1 Å². The van der Waals surface area contributed by atoms with Gasteiger partial charge in [-0.2, -0.15) is 0 Å². The third-order valence-corrected chi connectivity index (χ3v) is 11.2. The predicted molar refractivity (Wildman–Crippen MR) is 274 cm³/mol. The SMILES string of the molecule is CCCCC/C=C\C=C/CCCCCCCCC(=O)OC(COC(=O)CC/C=C\C/C=C\CCCCCCCC)COC(=O)CCCCCCC\C=C/C=C\C=C/CCCCCCC. The fourth-order valence-corrected chi connectivity index (χ4v) is 7.13. The molecule has 0 heterocycles. The molecule has 0 aliphatic rings. The highest BCUT2D eigenvalue weighted by Gasteiger charge is 2.19. The van der Waals surface area contributed by atoms with Gasteiger partial charge in [-0.1, -0.05) is 221 Å². The number of unbranched alkanes of at least 4 members (excludes halogenated alkanes) is 25. The highest BCUT2D eigenvalue weighted by Crippen LogP contribution is 2.13. The second-order valence-electron chi connectivity index (χ2n) is 17.5. The molecule has 0 bridgehead atoms. The summed E-state index contributed by atoms with van der Waals surface area (Å²) >= 11 is 0. The minimum Gasteiger partial charge on any atom is -0.462 e. The molecule has 0 N–H and O–H groups in total. The van der Waals surface area contributed by atoms with E-state index in [4.69, 9.17) is 14.2 Å². The molecule has 64 heavy (non-hydrogen) atoms. The van der Waals surface area contributed by atoms with Crippen LogP contribution in [0.15, 0.2) is 85.1 Å². The van der Waals surface area contributed by atoms with Crippen LogP contribution in [0, 0.1) is 0 Å². The first-order valence-electron chi connectivity index (χ1n) is 26.6. The number of carbonyl (C=O) groups is 3. The van der Waals surface area contributed by atoms with Crippen molar-refractivity contribution in [1.29, 1.82) is 0 Å². The standard InChI is InChI=1S/C58H98O6/c1-4-7-10-13-16-19-22-25-27-28-29-31-33-36-39-42-45-48-51-57(60)63-54-55(53-62-56(59)50-47-44-41-38-35-32-24-21-18-15-12-9-6-3)64-58(61)52-49-46-43-40-37-34-30-26-23-20-17-14-11-8-5-2/h17,20,22-23,25-29,31-32,35,41,44,55H,4-16,18-19,21,24,30,33-34,36-40,42-43,45-54H2,1-3H3/b20-17-,25-22-,26-23-,28-27-,31-29-,35-32-,44-41-. The zero-order valence-electron chi connectivity index (χ0n) is 41.8. The molecule has 0 aliphatic heterocycles. The number of ether oxygens (including phenoxy) is 3. The summed E-state index contributed by atoms with van der Waals surface area (Å²) < 4.78 is 16.7. The average Bonchev–Trinajstić information content (AvgIpc) is 3.29. The minimum atomic E-state index is -0.814. The Morgan fingerprint density at radius 1 is 0.328 bits per heavy atom. The Labute approximate surface area is 395 Å². The van der Waals surface area contributed by atoms with Gasteiger partial charge in [0, 0.05) is 19.3 Å². The van der Waals surface area contributed by atoms with Crippen LogP contribution in [0.3, 0.4) is 0 Å². The van der Waals surface area contributed by atoms with Gasteiger partial charge >= 0.3 is 17.9 Å². The molecule has 6 nitrogen and oxygen atoms in total. The van der Waals surface area contributed by atoms with Gasteiger partial charge in [-0.25, -0.2) is 0 Å². The Hall–Kier alpha value is -3.41. The number of allylic oxidation sites excluding steroid dienone is 14. The van der Waals surface area contributed by atoms with Gasteiger partial charge in [0.25, 0.3) is 0 Å². The topological polar surface area (TPSA) is 78.9 Å². The lowest BCUT2D eigenvalue weighted by atomic mass is 10.1. The molecule has 0 fully saturated rings. The monoisotopic (exact) mass is 891 g/mol. The molecule has 0 saturated heterocycles. The van der Waals surface area contributed by atoms with Crippen molar-refractivity contribution in [3.63, 3.8) is 0 Å². The van der Waals surface area contributed by atoms with Crippen LogP contribution >= 0.6 is 0 Å². The van der Waals surface area contributed by atoms with Crippen molar-refractivity contribution in [2.24, 2.45) is 0 Å². The molecule has 0 radical (unpaired) electrons. The van der Waals surface area contributed by atoms with Crippen LogP contribution in [0.25, 0.3) is 0 Å². The molecule has 0 spiro atoms. The van der Waals surface area contributed by atoms with E-state index >= 15 is 0 Å². The van der Waals surface area contributed by atoms with Gasteiger partial charge in [-0.05, 0) is 89.9 Å². The van der Waals surface area contributed by atoms with Crippen molar-refractivity contribution in [2.75, 3.05) is 13.2 Å². The Kier molecular flexibility index (Phi) is 49.4. The van der Waals surface area contributed by atoms with E-state index in [9.17, 15) is 14.4 Å². The number of hydrogen-bond donors (Lipinski definition) is 0. The molecule has 0 amide bonds. The lowest BCUT2D eigenvalue weighted by Crippen LogP contribution is -2.30. The van der Waals surface area contributed by atoms with E-state index in [-0.39, 0.29) is 37.5 Å². The maximum absolute atomic E-state index is 12.8. The van der Waals surface area contributed by atoms with E-state index in [2.05, 4.69) is 99.8 Å². The second kappa shape index (κ2) is 52.2. The molecule has 0 aliphatic carbocycles. The highest BCUT2D eigenvalue weighted by atomic mass is 16.6. The van der Waals surface area contributed by atoms with Gasteiger partial charge in [0.1, 0.15) is 13.2 Å². The predicted octanol–water partition coefficient (Wildman–Crippen LogP) is 17.6. The fraction of sp³-hybridized carbons (Fsp3) is 0.707. The van der Waals surface area contributed by atoms with Crippen LogP contribution in [0.4, 0.5) is 0 Å². The van der Waals surface area contributed by atoms with Crippen LogP contribution in [-0.2, 0) is 28.6 Å². The van der Waals surface area contributed by atoms with Gasteiger partial charge in [-0.15, -0.1) is 0 Å². The average molecular weight is 891 g/mol. The molecule has 0 aromatic heterocycles. The first kappa shape index (κ1) is 60.6. The number of esters is 3. The summed E-state index contributed by atoms with van der Waals surface area (Å²) in [6.07, 6.45) is 67.1. The van der Waals surface area contributed by atoms with E-state index in [1.165, 1.54) is 109 Å². The maximum atomic E-state index is 12.8. The summed E-state index contributed by atoms with van der Waals surface area (Å²) in [6, 6.07) is 0. The van der Waals surface area contributed by atoms with Crippen molar-refractivity contribution >= 4 is 17.9 Å². The Balaban J connectivity index is 4.50. The first-order chi connectivity index (χ1) is 31.5. The molecule has 366 valence electrons. The summed E-state index contributed by atoms with van der Waals surface area (Å²) in [5, 5.41) is 0. The molecular weight excluding hydrogens is 793 g/mol. The summed E-state index contributed by atoms with van der Waals surface area (Å²) in [7, 11) is 0. The molecule has 0 rings (SSSR count). The zero-order chi connectivity index (χ0) is 46.5. The smallest absolute Gasteiger partial charge is 0.306 e. The molecule has 1 unspecified atom stereocenters. The van der Waals surface area contributed by atoms with Gasteiger partial charge in [0.15, 0.2) is 6.10 Å². The summed E-state index contributed by atoms with van der Waals surface area (Å²) in [4.78, 5) is 38.0. The molecule has 0 aromatic rings. The van der Waals surface area contributed by atoms with Crippen molar-refractivity contribution < 1.29 is 28.6 Å². The van der Waals surface area contributed by atoms with Crippen LogP contribution in [0.1, 0.15) is 245 Å². The fourth-order valence-electron chi connectivity index (χ4n) is 7.13. The van der Waals surface area contributed by atoms with Crippen LogP contribution in [-0.4, -0.2) is 37.2 Å². The van der Waals surface area contributed by atoms with E-state index in [0.29, 0.717) is 19.3 Å². The summed E-state index contributed by atoms with van der Waals surface area (Å²) in [5.74, 6) is -1.01. The van der Waals surface area contributed by atoms with E-state index in [1.807, 2.05) is 6.08 Å². The Bertz CT molecular complexity index is 1250. The minimum absolute atomic E-state index is 0.110. The van der Waals surface area contributed by atoms with E-state index in [1.54, 1.807) is 0 Å². The van der Waals surface area contributed by atoms with E-state index < -0.39 is 6.10 Å². The summed E-state index contributed by atoms with van der Waals surface area (Å²) in [6.45, 7) is 6.50. The zero-order valence-corrected chi connectivity index (χ0v) is 41.8. The molecule has 6 heteroatoms. The Morgan fingerprint density at radius 3 is 1.12 bits per heavy atom. The number of hydrogen-bond acceptors (Lipinski definition) is 6. The number of carbonyl (C=O) groups excluding carboxylic acids is 3. The highest BCUT2D eigenvalue weighted by molar-refractivity contribution is 5.71. The normalized spacial score (nSPS) is 12.7. The lowest BCUT2D eigenvalue weighted by Gasteiger charge is -2.18. The van der Waals surface area contributed by atoms with Gasteiger partial charge in [0.2, 0.25) is 0 Å². The first-order valence-corrected chi connectivity index (χ1v) is 26.6. The molecule has 0 saturated carbocycles. The molecule has 0 aromatic carbocycles. The maximum Gasteiger partial charge on any atom is 0.306 e. The largest absolute Gasteiger partial charge is 0.462 e. The second-order valence-corrected chi connectivity index (χ2v) is 17.5. The van der Waals surface area contributed by atoms with Crippen LogP contribution < -0.4 is 0 Å².